The van der Waals surface area contributed by atoms with Crippen molar-refractivity contribution in [3.8, 4) is 0 Å². The Hall–Kier alpha value is -1.41. The van der Waals surface area contributed by atoms with Crippen LogP contribution in [0.25, 0.3) is 6.08 Å². The Morgan fingerprint density at radius 3 is 2.59 bits per heavy atom. The summed E-state index contributed by atoms with van der Waals surface area (Å²) in [6.07, 6.45) is 6.81. The number of likely N-dealkylation sites (tertiary alicyclic amines) is 1. The van der Waals surface area contributed by atoms with Gasteiger partial charge in [-0.1, -0.05) is 36.4 Å². The zero-order chi connectivity index (χ0) is 11.9. The lowest BCUT2D eigenvalue weighted by Crippen LogP contribution is -2.22. The molecular weight excluding hydrogens is 210 g/mol. The van der Waals surface area contributed by atoms with Crippen LogP contribution in [0.4, 0.5) is 0 Å². The quantitative estimate of drug-likeness (QED) is 0.724. The Balaban J connectivity index is 1.75. The number of benzene rings is 1. The third kappa shape index (κ3) is 4.16. The van der Waals surface area contributed by atoms with Crippen molar-refractivity contribution in [1.82, 2.24) is 4.90 Å². The highest BCUT2D eigenvalue weighted by atomic mass is 16.1. The van der Waals surface area contributed by atoms with E-state index in [9.17, 15) is 4.79 Å². The van der Waals surface area contributed by atoms with Gasteiger partial charge in [-0.05, 0) is 37.6 Å². The lowest BCUT2D eigenvalue weighted by Gasteiger charge is -2.12. The van der Waals surface area contributed by atoms with Crippen molar-refractivity contribution in [2.75, 3.05) is 19.6 Å². The fourth-order valence-corrected chi connectivity index (χ4v) is 2.11. The van der Waals surface area contributed by atoms with Crippen LogP contribution in [0.2, 0.25) is 0 Å². The number of carbonyl (C=O) groups excluding carboxylic acids is 1. The molecule has 0 saturated carbocycles. The Bertz CT molecular complexity index is 377. The molecule has 2 heteroatoms. The van der Waals surface area contributed by atoms with Gasteiger partial charge in [0.15, 0.2) is 5.78 Å². The van der Waals surface area contributed by atoms with E-state index in [2.05, 4.69) is 4.90 Å². The van der Waals surface area contributed by atoms with Gasteiger partial charge in [0.2, 0.25) is 0 Å². The summed E-state index contributed by atoms with van der Waals surface area (Å²) < 4.78 is 0. The molecule has 1 heterocycles. The fourth-order valence-electron chi connectivity index (χ4n) is 2.11. The van der Waals surface area contributed by atoms with Gasteiger partial charge in [0.1, 0.15) is 0 Å². The fraction of sp³-hybridized carbons (Fsp3) is 0.400. The molecule has 0 spiro atoms. The van der Waals surface area contributed by atoms with Gasteiger partial charge >= 0.3 is 0 Å². The van der Waals surface area contributed by atoms with Crippen LogP contribution in [0.5, 0.6) is 0 Å². The second-order valence-electron chi connectivity index (χ2n) is 4.51. The van der Waals surface area contributed by atoms with Crippen LogP contribution in [-0.4, -0.2) is 30.3 Å². The molecule has 1 aromatic carbocycles. The average Bonchev–Trinajstić information content (AvgIpc) is 2.88. The number of hydrogen-bond acceptors (Lipinski definition) is 2. The highest BCUT2D eigenvalue weighted by Crippen LogP contribution is 2.08. The highest BCUT2D eigenvalue weighted by Gasteiger charge is 2.11. The third-order valence-electron chi connectivity index (χ3n) is 3.13. The van der Waals surface area contributed by atoms with Crippen LogP contribution in [0.3, 0.4) is 0 Å². The van der Waals surface area contributed by atoms with E-state index >= 15 is 0 Å². The molecule has 0 amide bonds. The van der Waals surface area contributed by atoms with Crippen LogP contribution in [0, 0.1) is 0 Å². The number of allylic oxidation sites excluding steroid dienone is 1. The van der Waals surface area contributed by atoms with E-state index in [0.29, 0.717) is 6.42 Å². The highest BCUT2D eigenvalue weighted by molar-refractivity contribution is 5.93. The van der Waals surface area contributed by atoms with Crippen molar-refractivity contribution >= 4 is 11.9 Å². The zero-order valence-electron chi connectivity index (χ0n) is 10.1. The second kappa shape index (κ2) is 6.36. The summed E-state index contributed by atoms with van der Waals surface area (Å²) in [4.78, 5) is 14.0. The van der Waals surface area contributed by atoms with Gasteiger partial charge in [0.25, 0.3) is 0 Å². The van der Waals surface area contributed by atoms with Gasteiger partial charge in [-0.2, -0.15) is 0 Å². The molecule has 17 heavy (non-hydrogen) atoms. The van der Waals surface area contributed by atoms with Crippen LogP contribution >= 0.6 is 0 Å². The first-order valence-corrected chi connectivity index (χ1v) is 6.33. The molecular formula is C15H19NO. The van der Waals surface area contributed by atoms with Gasteiger partial charge in [-0.25, -0.2) is 0 Å². The van der Waals surface area contributed by atoms with E-state index in [0.717, 1.165) is 25.2 Å². The van der Waals surface area contributed by atoms with E-state index < -0.39 is 0 Å². The normalized spacial score (nSPS) is 16.7. The maximum atomic E-state index is 11.7. The Morgan fingerprint density at radius 2 is 1.88 bits per heavy atom. The zero-order valence-corrected chi connectivity index (χ0v) is 10.1. The largest absolute Gasteiger partial charge is 0.303 e. The van der Waals surface area contributed by atoms with Crippen LogP contribution < -0.4 is 0 Å². The monoisotopic (exact) mass is 229 g/mol. The maximum absolute atomic E-state index is 11.7. The molecule has 0 bridgehead atoms. The molecule has 0 aliphatic carbocycles. The topological polar surface area (TPSA) is 20.3 Å². The first-order valence-electron chi connectivity index (χ1n) is 6.33. The van der Waals surface area contributed by atoms with Crippen LogP contribution in [0.15, 0.2) is 36.4 Å². The smallest absolute Gasteiger partial charge is 0.156 e. The number of carbonyl (C=O) groups is 1. The van der Waals surface area contributed by atoms with Crippen molar-refractivity contribution in [2.24, 2.45) is 0 Å². The summed E-state index contributed by atoms with van der Waals surface area (Å²) in [6.45, 7) is 3.24. The Kier molecular flexibility index (Phi) is 4.51. The molecule has 0 unspecified atom stereocenters. The Morgan fingerprint density at radius 1 is 1.18 bits per heavy atom. The molecule has 1 aromatic rings. The molecule has 1 fully saturated rings. The van der Waals surface area contributed by atoms with E-state index in [4.69, 9.17) is 0 Å². The van der Waals surface area contributed by atoms with Gasteiger partial charge < -0.3 is 4.90 Å². The van der Waals surface area contributed by atoms with Crippen molar-refractivity contribution < 1.29 is 4.79 Å². The van der Waals surface area contributed by atoms with E-state index in [1.54, 1.807) is 6.08 Å². The summed E-state index contributed by atoms with van der Waals surface area (Å²) in [5.74, 6) is 0.223. The predicted octanol–water partition coefficient (Wildman–Crippen LogP) is 2.75. The summed E-state index contributed by atoms with van der Waals surface area (Å²) in [5.41, 5.74) is 1.09. The molecule has 2 nitrogen and oxygen atoms in total. The molecule has 0 aromatic heterocycles. The van der Waals surface area contributed by atoms with Crippen molar-refractivity contribution in [3.63, 3.8) is 0 Å². The first-order chi connectivity index (χ1) is 8.34. The molecule has 0 atom stereocenters. The molecule has 1 aliphatic rings. The summed E-state index contributed by atoms with van der Waals surface area (Å²) in [6, 6.07) is 9.95. The maximum Gasteiger partial charge on any atom is 0.156 e. The first kappa shape index (κ1) is 12.1. The predicted molar refractivity (Wildman–Crippen MR) is 70.8 cm³/mol. The van der Waals surface area contributed by atoms with Gasteiger partial charge in [0, 0.05) is 13.0 Å². The summed E-state index contributed by atoms with van der Waals surface area (Å²) >= 11 is 0. The number of nitrogens with zero attached hydrogens (tertiary/aromatic N) is 1. The van der Waals surface area contributed by atoms with Crippen molar-refractivity contribution in [2.45, 2.75) is 19.3 Å². The SMILES string of the molecule is O=C(C=Cc1ccccc1)CCN1CCCC1. The lowest BCUT2D eigenvalue weighted by molar-refractivity contribution is -0.114. The van der Waals surface area contributed by atoms with Crippen molar-refractivity contribution in [3.05, 3.63) is 42.0 Å². The number of hydrogen-bond donors (Lipinski definition) is 0. The minimum Gasteiger partial charge on any atom is -0.303 e. The molecule has 1 saturated heterocycles. The standard InChI is InChI=1S/C15H19NO/c17-15(10-13-16-11-4-5-12-16)9-8-14-6-2-1-3-7-14/h1-3,6-9H,4-5,10-13H2. The summed E-state index contributed by atoms with van der Waals surface area (Å²) in [5, 5.41) is 0. The second-order valence-corrected chi connectivity index (χ2v) is 4.51. The lowest BCUT2D eigenvalue weighted by atomic mass is 10.2. The molecule has 2 rings (SSSR count). The molecule has 0 radical (unpaired) electrons. The summed E-state index contributed by atoms with van der Waals surface area (Å²) in [7, 11) is 0. The van der Waals surface area contributed by atoms with E-state index in [1.165, 1.54) is 12.8 Å². The van der Waals surface area contributed by atoms with Crippen LogP contribution in [0.1, 0.15) is 24.8 Å². The molecule has 1 aliphatic heterocycles. The average molecular weight is 229 g/mol. The van der Waals surface area contributed by atoms with E-state index in [-0.39, 0.29) is 5.78 Å². The number of ketones is 1. The molecule has 0 N–H and O–H groups in total. The van der Waals surface area contributed by atoms with E-state index in [1.807, 2.05) is 36.4 Å². The molecule has 90 valence electrons. The minimum absolute atomic E-state index is 0.223. The van der Waals surface area contributed by atoms with Crippen molar-refractivity contribution in [1.29, 1.82) is 0 Å². The number of rotatable bonds is 5. The van der Waals surface area contributed by atoms with Gasteiger partial charge in [-0.3, -0.25) is 4.79 Å². The third-order valence-corrected chi connectivity index (χ3v) is 3.13. The Labute approximate surface area is 103 Å². The van der Waals surface area contributed by atoms with Gasteiger partial charge in [-0.15, -0.1) is 0 Å². The minimum atomic E-state index is 0.223. The van der Waals surface area contributed by atoms with Crippen LogP contribution in [-0.2, 0) is 4.79 Å². The van der Waals surface area contributed by atoms with Gasteiger partial charge in [0.05, 0.1) is 0 Å².